The molecule has 0 aromatic carbocycles. The summed E-state index contributed by atoms with van der Waals surface area (Å²) in [5.41, 5.74) is -5.53. The van der Waals surface area contributed by atoms with E-state index < -0.39 is 22.9 Å². The molecule has 15 heteroatoms. The van der Waals surface area contributed by atoms with Crippen LogP contribution in [0.25, 0.3) is 0 Å². The van der Waals surface area contributed by atoms with Gasteiger partial charge in [-0.05, 0) is 0 Å². The zero-order valence-electron chi connectivity index (χ0n) is 7.22. The summed E-state index contributed by atoms with van der Waals surface area (Å²) in [6.45, 7) is 0. The minimum Gasteiger partial charge on any atom is -0.402 e. The predicted molar refractivity (Wildman–Crippen MR) is 71.5 cm³/mol. The first kappa shape index (κ1) is 36.0. The Morgan fingerprint density at radius 1 is 0.875 bits per heavy atom. The first-order valence-electron chi connectivity index (χ1n) is 2.06. The van der Waals surface area contributed by atoms with Crippen LogP contribution in [0.4, 0.5) is 13.2 Å². The molecule has 6 nitrogen and oxygen atoms in total. The molecule has 0 radical (unpaired) electrons. The van der Waals surface area contributed by atoms with E-state index in [9.17, 15) is 13.2 Å². The molecular weight excluding hydrogens is 336 g/mol. The Kier molecular flexibility index (Phi) is 31.7. The molecule has 0 aliphatic heterocycles. The lowest BCUT2D eigenvalue weighted by Gasteiger charge is -1.97. The molecule has 0 unspecified atom stereocenters. The average molecular weight is 348 g/mol. The van der Waals surface area contributed by atoms with Crippen LogP contribution in [0.3, 0.4) is 0 Å². The monoisotopic (exact) mass is 348 g/mol. The Balaban J connectivity index is -0.0000000281. The van der Waals surface area contributed by atoms with Gasteiger partial charge in [0.15, 0.2) is 0 Å². The van der Waals surface area contributed by atoms with E-state index in [4.69, 9.17) is 28.0 Å². The molecule has 0 saturated carbocycles. The van der Waals surface area contributed by atoms with E-state index in [0.29, 0.717) is 0 Å². The molecule has 0 heterocycles. The fraction of sp³-hybridized carbons (Fsp3) is 1.00. The predicted octanol–water partition coefficient (Wildman–Crippen LogP) is -1.21. The van der Waals surface area contributed by atoms with E-state index in [0.717, 1.165) is 0 Å². The Hall–Kier alpha value is 1.04. The summed E-state index contributed by atoms with van der Waals surface area (Å²) in [5.74, 6) is 0. The Morgan fingerprint density at radius 3 is 0.938 bits per heavy atom. The summed E-state index contributed by atoms with van der Waals surface area (Å²) in [4.78, 5) is 0. The second-order valence-electron chi connectivity index (χ2n) is 1.27. The van der Waals surface area contributed by atoms with Gasteiger partial charge >= 0.3 is 22.9 Å². The second kappa shape index (κ2) is 14.1. The zero-order chi connectivity index (χ0) is 10.6. The molecule has 0 saturated heterocycles. The summed E-state index contributed by atoms with van der Waals surface area (Å²) in [7, 11) is -8.01. The van der Waals surface area contributed by atoms with Crippen molar-refractivity contribution in [3.63, 3.8) is 0 Å². The van der Waals surface area contributed by atoms with Gasteiger partial charge in [0.05, 0.1) is 0 Å². The third-order valence-corrected chi connectivity index (χ3v) is 0.877. The minimum absolute atomic E-state index is 0. The van der Waals surface area contributed by atoms with Gasteiger partial charge in [0.25, 0.3) is 0 Å². The lowest BCUT2D eigenvalue weighted by atomic mass is 10.3. The van der Waals surface area contributed by atoms with Gasteiger partial charge in [-0.1, -0.05) is 0 Å². The second-order valence-corrected chi connectivity index (χ2v) is 2.68. The van der Waals surface area contributed by atoms with Gasteiger partial charge in [-0.2, -0.15) is 75.6 Å². The number of hydrogen-bond acceptors (Lipinski definition) is 5. The van der Waals surface area contributed by atoms with Crippen LogP contribution < -0.4 is 0 Å². The Morgan fingerprint density at radius 2 is 0.938 bits per heavy atom. The van der Waals surface area contributed by atoms with Crippen molar-refractivity contribution in [2.24, 2.45) is 0 Å². The topological polar surface area (TPSA) is 115 Å². The number of halogens is 3. The fourth-order valence-corrected chi connectivity index (χ4v) is 0. The maximum atomic E-state index is 10.7. The first-order valence-corrected chi connectivity index (χ1v) is 3.50. The molecule has 0 spiro atoms. The molecule has 0 aliphatic carbocycles. The van der Waals surface area contributed by atoms with Crippen LogP contribution in [-0.2, 0) is 10.1 Å². The Bertz CT molecular complexity index is 212. The van der Waals surface area contributed by atoms with Gasteiger partial charge in [0.2, 0.25) is 0 Å². The van der Waals surface area contributed by atoms with E-state index in [2.05, 4.69) is 0 Å². The van der Waals surface area contributed by atoms with Crippen molar-refractivity contribution in [1.29, 1.82) is 0 Å². The molecule has 0 aromatic heterocycles. The summed E-state index contributed by atoms with van der Waals surface area (Å²) < 4.78 is 57.5. The number of hydrogen-bond donors (Lipinski definition) is 4. The average Bonchev–Trinajstić information content (AvgIpc) is 1.55. The quantitative estimate of drug-likeness (QED) is 0.248. The largest absolute Gasteiger partial charge is 0.631 e. The van der Waals surface area contributed by atoms with Crippen molar-refractivity contribution in [3.8, 4) is 0 Å². The van der Waals surface area contributed by atoms with Crippen molar-refractivity contribution >= 4 is 71.4 Å². The standard InChI is InChI=1S/CHF3O3S.BH3O3.4H2S/c2-1(3,4)8(5,6)7;2-1(3)4;;;;/h(H,5,6,7);2-4H;4*1H2. The lowest BCUT2D eigenvalue weighted by molar-refractivity contribution is -0.0510. The molecule has 0 aliphatic rings. The fourth-order valence-electron chi connectivity index (χ4n) is 0. The summed E-state index contributed by atoms with van der Waals surface area (Å²) in [6, 6.07) is 0. The highest BCUT2D eigenvalue weighted by molar-refractivity contribution is 7.86. The molecule has 0 fully saturated rings. The number of rotatable bonds is 0. The molecule has 0 atom stereocenters. The van der Waals surface area contributed by atoms with Gasteiger partial charge in [-0.25, -0.2) is 0 Å². The molecule has 0 amide bonds. The van der Waals surface area contributed by atoms with Gasteiger partial charge in [-0.3, -0.25) is 4.55 Å². The first-order chi connectivity index (χ1) is 4.98. The van der Waals surface area contributed by atoms with Crippen molar-refractivity contribution < 1.29 is 41.2 Å². The highest BCUT2D eigenvalue weighted by Crippen LogP contribution is 2.20. The normalized spacial score (nSPS) is 8.69. The van der Waals surface area contributed by atoms with Crippen molar-refractivity contribution in [2.75, 3.05) is 0 Å². The zero-order valence-corrected chi connectivity index (χ0v) is 12.0. The van der Waals surface area contributed by atoms with Gasteiger partial charge in [-0.15, -0.1) is 0 Å². The molecule has 0 rings (SSSR count). The van der Waals surface area contributed by atoms with Gasteiger partial charge in [0.1, 0.15) is 0 Å². The molecule has 0 aromatic rings. The molecular formula is CH12BF3O6S5. The summed E-state index contributed by atoms with van der Waals surface area (Å²) in [6.07, 6.45) is 0. The van der Waals surface area contributed by atoms with Crippen LogP contribution in [0.2, 0.25) is 0 Å². The van der Waals surface area contributed by atoms with Crippen LogP contribution in [0.15, 0.2) is 0 Å². The van der Waals surface area contributed by atoms with E-state index in [1.165, 1.54) is 0 Å². The van der Waals surface area contributed by atoms with Crippen LogP contribution >= 0.6 is 54.0 Å². The maximum Gasteiger partial charge on any atom is 0.631 e. The van der Waals surface area contributed by atoms with E-state index >= 15 is 0 Å². The van der Waals surface area contributed by atoms with Gasteiger partial charge in [0, 0.05) is 0 Å². The molecule has 4 N–H and O–H groups in total. The van der Waals surface area contributed by atoms with E-state index in [1.807, 2.05) is 0 Å². The third kappa shape index (κ3) is 29.4. The molecule has 106 valence electrons. The summed E-state index contributed by atoms with van der Waals surface area (Å²) in [5, 5.41) is 21.5. The highest BCUT2D eigenvalue weighted by Gasteiger charge is 2.44. The van der Waals surface area contributed by atoms with Crippen LogP contribution in [0.5, 0.6) is 0 Å². The van der Waals surface area contributed by atoms with Gasteiger partial charge < -0.3 is 15.1 Å². The van der Waals surface area contributed by atoms with E-state index in [1.54, 1.807) is 0 Å². The highest BCUT2D eigenvalue weighted by atomic mass is 32.2. The van der Waals surface area contributed by atoms with Crippen molar-refractivity contribution in [2.45, 2.75) is 5.51 Å². The van der Waals surface area contributed by atoms with Crippen LogP contribution in [0.1, 0.15) is 0 Å². The van der Waals surface area contributed by atoms with Crippen molar-refractivity contribution in [1.82, 2.24) is 0 Å². The Labute approximate surface area is 118 Å². The minimum atomic E-state index is -5.84. The van der Waals surface area contributed by atoms with Crippen molar-refractivity contribution in [3.05, 3.63) is 0 Å². The van der Waals surface area contributed by atoms with Crippen LogP contribution in [-0.4, -0.2) is 40.9 Å². The van der Waals surface area contributed by atoms with E-state index in [-0.39, 0.29) is 54.0 Å². The maximum absolute atomic E-state index is 10.7. The molecule has 0 bridgehead atoms. The smallest absolute Gasteiger partial charge is 0.402 e. The molecule has 16 heavy (non-hydrogen) atoms. The SMILES string of the molecule is O=S(=O)(O)C(F)(F)F.OB(O)O.S.S.S.S. The summed E-state index contributed by atoms with van der Waals surface area (Å²) >= 11 is 0. The van der Waals surface area contributed by atoms with Crippen LogP contribution in [0, 0.1) is 0 Å². The third-order valence-electron chi connectivity index (χ3n) is 0.292. The number of alkyl halides is 3. The lowest BCUT2D eigenvalue weighted by Crippen LogP contribution is -2.21.